The number of amides is 3. The van der Waals surface area contributed by atoms with Crippen molar-refractivity contribution < 1.29 is 14.3 Å². The summed E-state index contributed by atoms with van der Waals surface area (Å²) in [6.07, 6.45) is -0.743. The largest absolute Gasteiger partial charge is 0.353 e. The van der Waals surface area contributed by atoms with Gasteiger partial charge >= 0.3 is 6.03 Å². The molecule has 5 heteroatoms. The molecule has 1 rings (SSSR count). The van der Waals surface area contributed by atoms with Crippen molar-refractivity contribution in [3.8, 4) is 0 Å². The second-order valence-electron chi connectivity index (χ2n) is 2.38. The Bertz CT molecular complexity index is 204. The summed E-state index contributed by atoms with van der Waals surface area (Å²) in [6, 6.07) is -0.332. The number of hydrogen-bond acceptors (Lipinski definition) is 3. The molecule has 1 aliphatic heterocycles. The second-order valence-corrected chi connectivity index (χ2v) is 2.38. The summed E-state index contributed by atoms with van der Waals surface area (Å²) in [6.45, 7) is 0. The zero-order chi connectivity index (χ0) is 8.59. The minimum Gasteiger partial charge on any atom is -0.353 e. The summed E-state index contributed by atoms with van der Waals surface area (Å²) in [5.74, 6) is -0.319. The quantitative estimate of drug-likeness (QED) is 0.482. The molecule has 3 amide bonds. The van der Waals surface area contributed by atoms with E-state index in [-0.39, 0.29) is 11.9 Å². The fourth-order valence-electron chi connectivity index (χ4n) is 1.02. The van der Waals surface area contributed by atoms with Crippen LogP contribution in [0.2, 0.25) is 0 Å². The van der Waals surface area contributed by atoms with Gasteiger partial charge in [-0.3, -0.25) is 14.6 Å². The third-order valence-electron chi connectivity index (χ3n) is 1.71. The molecule has 0 aromatic heterocycles. The minimum absolute atomic E-state index is 0.319. The molecule has 0 aliphatic carbocycles. The number of rotatable bonds is 1. The van der Waals surface area contributed by atoms with E-state index in [4.69, 9.17) is 4.74 Å². The molecule has 5 nitrogen and oxygen atoms in total. The Hall–Kier alpha value is -1.10. The molecule has 1 saturated heterocycles. The molecule has 0 saturated carbocycles. The van der Waals surface area contributed by atoms with E-state index in [1.165, 1.54) is 26.1 Å². The van der Waals surface area contributed by atoms with Gasteiger partial charge < -0.3 is 4.74 Å². The van der Waals surface area contributed by atoms with Crippen LogP contribution in [0.1, 0.15) is 0 Å². The first-order chi connectivity index (χ1) is 5.09. The van der Waals surface area contributed by atoms with E-state index in [2.05, 4.69) is 0 Å². The molecule has 0 radical (unpaired) electrons. The Morgan fingerprint density at radius 2 is 1.91 bits per heavy atom. The smallest absolute Gasteiger partial charge is 0.328 e. The maximum absolute atomic E-state index is 11.1. The summed E-state index contributed by atoms with van der Waals surface area (Å²) < 4.78 is 4.79. The molecule has 0 aromatic carbocycles. The highest BCUT2D eigenvalue weighted by Gasteiger charge is 2.40. The fourth-order valence-corrected chi connectivity index (χ4v) is 1.02. The van der Waals surface area contributed by atoms with Crippen LogP contribution in [0.15, 0.2) is 0 Å². The van der Waals surface area contributed by atoms with Gasteiger partial charge in [-0.2, -0.15) is 0 Å². The lowest BCUT2D eigenvalue weighted by Gasteiger charge is -2.12. The monoisotopic (exact) mass is 158 g/mol. The van der Waals surface area contributed by atoms with Gasteiger partial charge in [-0.25, -0.2) is 4.79 Å². The van der Waals surface area contributed by atoms with Crippen LogP contribution in [-0.2, 0) is 9.53 Å². The summed E-state index contributed by atoms with van der Waals surface area (Å²) in [4.78, 5) is 24.4. The van der Waals surface area contributed by atoms with Gasteiger partial charge in [0.25, 0.3) is 5.91 Å². The van der Waals surface area contributed by atoms with Crippen LogP contribution in [0, 0.1) is 0 Å². The molecular weight excluding hydrogens is 148 g/mol. The van der Waals surface area contributed by atoms with Crippen molar-refractivity contribution in [1.82, 2.24) is 9.80 Å². The fraction of sp³-hybridized carbons (Fsp3) is 0.667. The average molecular weight is 158 g/mol. The van der Waals surface area contributed by atoms with Crippen molar-refractivity contribution in [3.05, 3.63) is 0 Å². The van der Waals surface area contributed by atoms with E-state index in [0.717, 1.165) is 4.90 Å². The molecule has 11 heavy (non-hydrogen) atoms. The third kappa shape index (κ3) is 0.970. The second kappa shape index (κ2) is 2.50. The summed E-state index contributed by atoms with van der Waals surface area (Å²) in [7, 11) is 4.35. The molecule has 1 atom stereocenters. The first-order valence-corrected chi connectivity index (χ1v) is 3.16. The number of imide groups is 1. The van der Waals surface area contributed by atoms with Gasteiger partial charge in [-0.05, 0) is 0 Å². The van der Waals surface area contributed by atoms with Crippen LogP contribution in [0.4, 0.5) is 4.79 Å². The van der Waals surface area contributed by atoms with Gasteiger partial charge in [0.1, 0.15) is 0 Å². The molecule has 0 aromatic rings. The Morgan fingerprint density at radius 3 is 2.09 bits per heavy atom. The number of carbonyl (C=O) groups is 2. The Labute approximate surface area is 64.5 Å². The maximum Gasteiger partial charge on any atom is 0.328 e. The van der Waals surface area contributed by atoms with Crippen LogP contribution < -0.4 is 0 Å². The van der Waals surface area contributed by atoms with Crippen LogP contribution in [0.25, 0.3) is 0 Å². The van der Waals surface area contributed by atoms with E-state index in [1.807, 2.05) is 0 Å². The molecule has 0 N–H and O–H groups in total. The zero-order valence-corrected chi connectivity index (χ0v) is 6.70. The van der Waals surface area contributed by atoms with E-state index in [0.29, 0.717) is 0 Å². The van der Waals surface area contributed by atoms with Crippen molar-refractivity contribution in [2.24, 2.45) is 0 Å². The number of carbonyl (C=O) groups excluding carboxylic acids is 2. The Morgan fingerprint density at radius 1 is 1.36 bits per heavy atom. The van der Waals surface area contributed by atoms with Crippen LogP contribution in [0.3, 0.4) is 0 Å². The minimum atomic E-state index is -0.743. The first kappa shape index (κ1) is 8.00. The highest BCUT2D eigenvalue weighted by Crippen LogP contribution is 2.13. The Balaban J connectivity index is 2.86. The highest BCUT2D eigenvalue weighted by atomic mass is 16.5. The van der Waals surface area contributed by atoms with Gasteiger partial charge in [0.15, 0.2) is 0 Å². The highest BCUT2D eigenvalue weighted by molar-refractivity contribution is 6.02. The number of methoxy groups -OCH3 is 1. The van der Waals surface area contributed by atoms with Gasteiger partial charge in [-0.15, -0.1) is 0 Å². The SMILES string of the molecule is COC1C(=O)N(C)C(=O)N1C. The van der Waals surface area contributed by atoms with Crippen molar-refractivity contribution >= 4 is 11.9 Å². The van der Waals surface area contributed by atoms with Crippen LogP contribution >= 0.6 is 0 Å². The first-order valence-electron chi connectivity index (χ1n) is 3.16. The lowest BCUT2D eigenvalue weighted by atomic mass is 10.5. The molecule has 0 spiro atoms. The molecule has 0 bridgehead atoms. The molecule has 1 fully saturated rings. The summed E-state index contributed by atoms with van der Waals surface area (Å²) in [5, 5.41) is 0. The predicted octanol–water partition coefficient (Wildman–Crippen LogP) is -0.517. The zero-order valence-electron chi connectivity index (χ0n) is 6.70. The number of ether oxygens (including phenoxy) is 1. The van der Waals surface area contributed by atoms with Gasteiger partial charge in [0.2, 0.25) is 6.23 Å². The predicted molar refractivity (Wildman–Crippen MR) is 36.7 cm³/mol. The number of hydrogen-bond donors (Lipinski definition) is 0. The average Bonchev–Trinajstić information content (AvgIpc) is 2.17. The molecule has 62 valence electrons. The molecular formula is C6H10N2O3. The summed E-state index contributed by atoms with van der Waals surface area (Å²) >= 11 is 0. The molecule has 1 heterocycles. The van der Waals surface area contributed by atoms with Gasteiger partial charge in [0, 0.05) is 21.2 Å². The van der Waals surface area contributed by atoms with E-state index < -0.39 is 6.23 Å². The van der Waals surface area contributed by atoms with Crippen LogP contribution in [-0.4, -0.2) is 49.2 Å². The molecule has 1 aliphatic rings. The standard InChI is InChI=1S/C6H10N2O3/c1-7-4(9)5(11-3)8(2)6(7)10/h5H,1-3H3. The number of urea groups is 1. The lowest BCUT2D eigenvalue weighted by molar-refractivity contribution is -0.137. The number of nitrogens with zero attached hydrogens (tertiary/aromatic N) is 2. The Kier molecular flexibility index (Phi) is 1.82. The summed E-state index contributed by atoms with van der Waals surface area (Å²) in [5.41, 5.74) is 0. The van der Waals surface area contributed by atoms with Crippen molar-refractivity contribution in [2.75, 3.05) is 21.2 Å². The van der Waals surface area contributed by atoms with Crippen molar-refractivity contribution in [2.45, 2.75) is 6.23 Å². The maximum atomic E-state index is 11.1. The third-order valence-corrected chi connectivity index (χ3v) is 1.71. The van der Waals surface area contributed by atoms with Crippen molar-refractivity contribution in [3.63, 3.8) is 0 Å². The van der Waals surface area contributed by atoms with Gasteiger partial charge in [-0.1, -0.05) is 0 Å². The lowest BCUT2D eigenvalue weighted by Crippen LogP contribution is -2.32. The van der Waals surface area contributed by atoms with E-state index >= 15 is 0 Å². The topological polar surface area (TPSA) is 49.9 Å². The van der Waals surface area contributed by atoms with Crippen molar-refractivity contribution in [1.29, 1.82) is 0 Å². The normalized spacial score (nSPS) is 25.2. The molecule has 1 unspecified atom stereocenters. The number of likely N-dealkylation sites (N-methyl/N-ethyl adjacent to an activating group) is 2. The van der Waals surface area contributed by atoms with E-state index in [1.54, 1.807) is 0 Å². The van der Waals surface area contributed by atoms with E-state index in [9.17, 15) is 9.59 Å². The van der Waals surface area contributed by atoms with Crippen LogP contribution in [0.5, 0.6) is 0 Å². The van der Waals surface area contributed by atoms with Gasteiger partial charge in [0.05, 0.1) is 0 Å².